The van der Waals surface area contributed by atoms with Crippen LogP contribution in [-0.4, -0.2) is 18.5 Å². The number of nitrogens with one attached hydrogen (secondary N) is 1. The van der Waals surface area contributed by atoms with E-state index in [1.807, 2.05) is 6.07 Å². The average molecular weight is 323 g/mol. The molecule has 2 saturated carbocycles. The fraction of sp³-hybridized carbons (Fsp3) is 0.611. The number of amides is 1. The van der Waals surface area contributed by atoms with Crippen LogP contribution in [0.1, 0.15) is 56.4 Å². The van der Waals surface area contributed by atoms with E-state index in [9.17, 15) is 4.79 Å². The minimum atomic E-state index is 0. The summed E-state index contributed by atoms with van der Waals surface area (Å²) in [6.07, 6.45) is 7.66. The van der Waals surface area contributed by atoms with E-state index in [0.717, 1.165) is 19.3 Å². The predicted molar refractivity (Wildman–Crippen MR) is 92.2 cm³/mol. The molecule has 2 fully saturated rings. The highest BCUT2D eigenvalue weighted by Gasteiger charge is 2.41. The van der Waals surface area contributed by atoms with Crippen molar-refractivity contribution in [1.82, 2.24) is 5.32 Å². The van der Waals surface area contributed by atoms with Crippen molar-refractivity contribution in [3.8, 4) is 0 Å². The molecule has 0 heterocycles. The number of carbonyl (C=O) groups excluding carboxylic acids is 1. The van der Waals surface area contributed by atoms with Crippen LogP contribution in [0.4, 0.5) is 0 Å². The number of carbonyl (C=O) groups is 1. The summed E-state index contributed by atoms with van der Waals surface area (Å²) in [5, 5.41) is 3.21. The van der Waals surface area contributed by atoms with Crippen LogP contribution in [0.5, 0.6) is 0 Å². The summed E-state index contributed by atoms with van der Waals surface area (Å²) in [4.78, 5) is 12.3. The van der Waals surface area contributed by atoms with Gasteiger partial charge in [-0.15, -0.1) is 12.4 Å². The van der Waals surface area contributed by atoms with Gasteiger partial charge in [0, 0.05) is 18.4 Å². The number of halogens is 1. The van der Waals surface area contributed by atoms with Gasteiger partial charge in [0.2, 0.25) is 5.91 Å². The van der Waals surface area contributed by atoms with Gasteiger partial charge < -0.3 is 11.1 Å². The zero-order chi connectivity index (χ0) is 14.7. The molecule has 0 saturated heterocycles. The summed E-state index contributed by atoms with van der Waals surface area (Å²) in [7, 11) is 0. The molecule has 1 aromatic carbocycles. The van der Waals surface area contributed by atoms with Crippen molar-refractivity contribution in [2.24, 2.45) is 11.1 Å². The number of benzene rings is 1. The Balaban J connectivity index is 0.00000176. The van der Waals surface area contributed by atoms with Gasteiger partial charge in [-0.3, -0.25) is 4.79 Å². The van der Waals surface area contributed by atoms with Gasteiger partial charge in [-0.05, 0) is 36.8 Å². The summed E-state index contributed by atoms with van der Waals surface area (Å²) in [6.45, 7) is 0.646. The maximum atomic E-state index is 12.3. The smallest absolute Gasteiger partial charge is 0.220 e. The lowest BCUT2D eigenvalue weighted by Gasteiger charge is -2.35. The highest BCUT2D eigenvalue weighted by Crippen LogP contribution is 2.42. The van der Waals surface area contributed by atoms with Crippen LogP contribution < -0.4 is 11.1 Å². The normalized spacial score (nSPS) is 25.9. The van der Waals surface area contributed by atoms with Gasteiger partial charge in [0.25, 0.3) is 0 Å². The van der Waals surface area contributed by atoms with Gasteiger partial charge in [0.15, 0.2) is 0 Å². The van der Waals surface area contributed by atoms with Crippen LogP contribution in [0, 0.1) is 5.41 Å². The Hall–Kier alpha value is -1.06. The van der Waals surface area contributed by atoms with E-state index >= 15 is 0 Å². The van der Waals surface area contributed by atoms with Crippen molar-refractivity contribution in [3.05, 3.63) is 35.9 Å². The molecule has 122 valence electrons. The SMILES string of the molecule is Cl.NCC1(CC(=O)NC2CC2c2ccccc2)CCCCC1. The van der Waals surface area contributed by atoms with Crippen molar-refractivity contribution in [3.63, 3.8) is 0 Å². The van der Waals surface area contributed by atoms with Gasteiger partial charge >= 0.3 is 0 Å². The van der Waals surface area contributed by atoms with Crippen molar-refractivity contribution >= 4 is 18.3 Å². The highest BCUT2D eigenvalue weighted by molar-refractivity contribution is 5.85. The summed E-state index contributed by atoms with van der Waals surface area (Å²) in [5.41, 5.74) is 7.38. The van der Waals surface area contributed by atoms with Crippen molar-refractivity contribution < 1.29 is 4.79 Å². The Kier molecular flexibility index (Phi) is 5.87. The number of hydrogen-bond donors (Lipinski definition) is 2. The summed E-state index contributed by atoms with van der Waals surface area (Å²) >= 11 is 0. The van der Waals surface area contributed by atoms with Crippen LogP contribution >= 0.6 is 12.4 Å². The first kappa shape index (κ1) is 17.3. The molecular formula is C18H27ClN2O. The quantitative estimate of drug-likeness (QED) is 0.873. The van der Waals surface area contributed by atoms with Crippen molar-refractivity contribution in [2.45, 2.75) is 56.9 Å². The van der Waals surface area contributed by atoms with Crippen molar-refractivity contribution in [2.75, 3.05) is 6.54 Å². The van der Waals surface area contributed by atoms with Crippen LogP contribution in [0.25, 0.3) is 0 Å². The van der Waals surface area contributed by atoms with E-state index < -0.39 is 0 Å². The molecule has 1 aromatic rings. The summed E-state index contributed by atoms with van der Waals surface area (Å²) < 4.78 is 0. The monoisotopic (exact) mass is 322 g/mol. The Morgan fingerprint density at radius 1 is 1.18 bits per heavy atom. The largest absolute Gasteiger partial charge is 0.353 e. The standard InChI is InChI=1S/C18H26N2O.ClH/c19-13-18(9-5-2-6-10-18)12-17(21)20-16-11-15(16)14-7-3-1-4-8-14;/h1,3-4,7-8,15-16H,2,5-6,9-13,19H2,(H,20,21);1H. The third kappa shape index (κ3) is 4.02. The first-order valence-electron chi connectivity index (χ1n) is 8.27. The number of rotatable bonds is 5. The second-order valence-electron chi connectivity index (χ2n) is 6.87. The van der Waals surface area contributed by atoms with E-state index in [2.05, 4.69) is 29.6 Å². The lowest BCUT2D eigenvalue weighted by Crippen LogP contribution is -2.39. The lowest BCUT2D eigenvalue weighted by molar-refractivity contribution is -0.124. The number of hydrogen-bond acceptors (Lipinski definition) is 2. The molecule has 3 rings (SSSR count). The average Bonchev–Trinajstić information content (AvgIpc) is 3.28. The lowest BCUT2D eigenvalue weighted by atomic mass is 9.71. The number of nitrogens with two attached hydrogens (primary N) is 1. The van der Waals surface area contributed by atoms with Crippen molar-refractivity contribution in [1.29, 1.82) is 0 Å². The van der Waals surface area contributed by atoms with E-state index in [0.29, 0.717) is 24.9 Å². The Morgan fingerprint density at radius 3 is 2.50 bits per heavy atom. The van der Waals surface area contributed by atoms with Crippen LogP contribution in [0.15, 0.2) is 30.3 Å². The predicted octanol–water partition coefficient (Wildman–Crippen LogP) is 3.38. The van der Waals surface area contributed by atoms with Gasteiger partial charge in [0.1, 0.15) is 0 Å². The molecule has 3 nitrogen and oxygen atoms in total. The second kappa shape index (κ2) is 7.47. The molecule has 0 aromatic heterocycles. The maximum absolute atomic E-state index is 12.3. The second-order valence-corrected chi connectivity index (χ2v) is 6.87. The van der Waals surface area contributed by atoms with Crippen LogP contribution in [-0.2, 0) is 4.79 Å². The molecule has 0 aliphatic heterocycles. The molecule has 1 amide bonds. The first-order chi connectivity index (χ1) is 10.2. The van der Waals surface area contributed by atoms with Gasteiger partial charge in [-0.1, -0.05) is 49.6 Å². The maximum Gasteiger partial charge on any atom is 0.220 e. The van der Waals surface area contributed by atoms with Gasteiger partial charge in [-0.2, -0.15) is 0 Å². The highest BCUT2D eigenvalue weighted by atomic mass is 35.5. The fourth-order valence-electron chi connectivity index (χ4n) is 3.78. The van der Waals surface area contributed by atoms with Gasteiger partial charge in [0.05, 0.1) is 0 Å². The molecule has 2 atom stereocenters. The third-order valence-electron chi connectivity index (χ3n) is 5.25. The zero-order valence-electron chi connectivity index (χ0n) is 13.1. The van der Waals surface area contributed by atoms with E-state index in [1.54, 1.807) is 0 Å². The summed E-state index contributed by atoms with van der Waals surface area (Å²) in [6, 6.07) is 10.8. The van der Waals surface area contributed by atoms with E-state index in [4.69, 9.17) is 5.73 Å². The molecule has 4 heteroatoms. The van der Waals surface area contributed by atoms with Crippen LogP contribution in [0.3, 0.4) is 0 Å². The Morgan fingerprint density at radius 2 is 1.86 bits per heavy atom. The van der Waals surface area contributed by atoms with E-state index in [-0.39, 0.29) is 23.7 Å². The Bertz CT molecular complexity index is 485. The first-order valence-corrected chi connectivity index (χ1v) is 8.27. The molecule has 0 spiro atoms. The Labute approximate surface area is 139 Å². The molecule has 2 unspecified atom stereocenters. The molecule has 2 aliphatic carbocycles. The summed E-state index contributed by atoms with van der Waals surface area (Å²) in [5.74, 6) is 0.709. The minimum Gasteiger partial charge on any atom is -0.353 e. The topological polar surface area (TPSA) is 55.1 Å². The van der Waals surface area contributed by atoms with Gasteiger partial charge in [-0.25, -0.2) is 0 Å². The molecule has 0 bridgehead atoms. The molecule has 2 aliphatic rings. The third-order valence-corrected chi connectivity index (χ3v) is 5.25. The minimum absolute atomic E-state index is 0. The zero-order valence-corrected chi connectivity index (χ0v) is 13.9. The van der Waals surface area contributed by atoms with Crippen LogP contribution in [0.2, 0.25) is 0 Å². The molecule has 0 radical (unpaired) electrons. The molecular weight excluding hydrogens is 296 g/mol. The van der Waals surface area contributed by atoms with E-state index in [1.165, 1.54) is 24.8 Å². The molecule has 3 N–H and O–H groups in total. The molecule has 22 heavy (non-hydrogen) atoms. The fourth-order valence-corrected chi connectivity index (χ4v) is 3.78.